The first-order valence-electron chi connectivity index (χ1n) is 4.22. The maximum atomic E-state index is 5.72. The second kappa shape index (κ2) is 2.24. The quantitative estimate of drug-likeness (QED) is 0.514. The lowest BCUT2D eigenvalue weighted by atomic mass is 9.84. The Kier molecular flexibility index (Phi) is 1.55. The van der Waals surface area contributed by atoms with Gasteiger partial charge in [0.2, 0.25) is 0 Å². The molecular weight excluding hydrogens is 139 g/mol. The zero-order valence-corrected chi connectivity index (χ0v) is 7.04. The molecule has 2 saturated heterocycles. The van der Waals surface area contributed by atoms with Crippen molar-refractivity contribution in [1.29, 1.82) is 0 Å². The highest BCUT2D eigenvalue weighted by Gasteiger charge is 2.55. The molecule has 2 rings (SSSR count). The molecule has 2 fully saturated rings. The molecule has 60 valence electrons. The predicted octanol–water partition coefficient (Wildman–Crippen LogP) is 0.695. The fourth-order valence-corrected chi connectivity index (χ4v) is 2.32. The molecule has 2 radical (unpaired) electrons. The monoisotopic (exact) mass is 152 g/mol. The van der Waals surface area contributed by atoms with Crippen LogP contribution < -0.4 is 0 Å². The summed E-state index contributed by atoms with van der Waals surface area (Å²) in [6.07, 6.45) is 1.24. The van der Waals surface area contributed by atoms with Gasteiger partial charge < -0.3 is 9.47 Å². The summed E-state index contributed by atoms with van der Waals surface area (Å²) >= 11 is 0. The molecule has 2 nitrogen and oxygen atoms in total. The van der Waals surface area contributed by atoms with Crippen molar-refractivity contribution in [2.75, 3.05) is 6.61 Å². The van der Waals surface area contributed by atoms with Crippen LogP contribution in [0.3, 0.4) is 0 Å². The molecule has 0 aromatic heterocycles. The third-order valence-corrected chi connectivity index (χ3v) is 2.91. The van der Waals surface area contributed by atoms with Gasteiger partial charge in [0, 0.05) is 11.9 Å². The molecule has 2 aliphatic heterocycles. The van der Waals surface area contributed by atoms with E-state index in [4.69, 9.17) is 17.3 Å². The van der Waals surface area contributed by atoms with Crippen LogP contribution in [0.4, 0.5) is 0 Å². The van der Waals surface area contributed by atoms with Gasteiger partial charge in [-0.2, -0.15) is 0 Å². The lowest BCUT2D eigenvalue weighted by molar-refractivity contribution is -0.105. The average Bonchev–Trinajstić information content (AvgIpc) is 2.36. The summed E-state index contributed by atoms with van der Waals surface area (Å²) in [6, 6.07) is -0.196. The van der Waals surface area contributed by atoms with Crippen molar-refractivity contribution in [3.05, 3.63) is 0 Å². The molecule has 0 aliphatic carbocycles. The minimum absolute atomic E-state index is 0.0984. The Morgan fingerprint density at radius 3 is 2.64 bits per heavy atom. The van der Waals surface area contributed by atoms with Crippen LogP contribution in [0.2, 0.25) is 0 Å². The highest BCUT2D eigenvalue weighted by molar-refractivity contribution is 6.11. The van der Waals surface area contributed by atoms with Gasteiger partial charge in [0.25, 0.3) is 0 Å². The smallest absolute Gasteiger partial charge is 0.112 e. The Morgan fingerprint density at radius 2 is 2.36 bits per heavy atom. The van der Waals surface area contributed by atoms with Crippen LogP contribution in [0, 0.1) is 5.92 Å². The van der Waals surface area contributed by atoms with Crippen LogP contribution >= 0.6 is 0 Å². The molecule has 4 atom stereocenters. The van der Waals surface area contributed by atoms with Crippen molar-refractivity contribution in [2.24, 2.45) is 5.92 Å². The van der Waals surface area contributed by atoms with Gasteiger partial charge in [-0.05, 0) is 13.3 Å². The fraction of sp³-hybridized carbons (Fsp3) is 1.00. The normalized spacial score (nSPS) is 55.3. The van der Waals surface area contributed by atoms with Crippen LogP contribution in [0.1, 0.15) is 20.3 Å². The van der Waals surface area contributed by atoms with E-state index in [1.165, 1.54) is 0 Å². The first-order valence-corrected chi connectivity index (χ1v) is 4.22. The van der Waals surface area contributed by atoms with Gasteiger partial charge in [-0.1, -0.05) is 6.92 Å². The van der Waals surface area contributed by atoms with E-state index >= 15 is 0 Å². The lowest BCUT2D eigenvalue weighted by Crippen LogP contribution is -2.35. The van der Waals surface area contributed by atoms with Gasteiger partial charge in [0.1, 0.15) is 7.85 Å². The Bertz CT molecular complexity index is 173. The molecule has 2 bridgehead atoms. The second-order valence-electron chi connectivity index (χ2n) is 3.69. The van der Waals surface area contributed by atoms with Gasteiger partial charge in [-0.15, -0.1) is 0 Å². The highest BCUT2D eigenvalue weighted by atomic mass is 16.6. The average molecular weight is 152 g/mol. The number of ether oxygens (including phenoxy) is 2. The minimum Gasteiger partial charge on any atom is -0.376 e. The van der Waals surface area contributed by atoms with Crippen molar-refractivity contribution in [1.82, 2.24) is 0 Å². The molecule has 2 heterocycles. The third-order valence-electron chi connectivity index (χ3n) is 2.91. The van der Waals surface area contributed by atoms with E-state index in [-0.39, 0.29) is 17.7 Å². The van der Waals surface area contributed by atoms with E-state index in [0.717, 1.165) is 6.42 Å². The largest absolute Gasteiger partial charge is 0.376 e. The molecule has 0 amide bonds. The molecule has 0 saturated carbocycles. The summed E-state index contributed by atoms with van der Waals surface area (Å²) in [5.74, 6) is 0.498. The minimum atomic E-state index is -0.196. The van der Waals surface area contributed by atoms with Gasteiger partial charge in [-0.3, -0.25) is 0 Å². The second-order valence-corrected chi connectivity index (χ2v) is 3.69. The Hall–Kier alpha value is -0.0151. The number of fused-ring (bicyclic) bond motifs is 2. The number of hydrogen-bond acceptors (Lipinski definition) is 2. The first-order chi connectivity index (χ1) is 5.17. The molecule has 3 heteroatoms. The van der Waals surface area contributed by atoms with Crippen molar-refractivity contribution < 1.29 is 9.47 Å². The molecule has 0 aromatic rings. The van der Waals surface area contributed by atoms with Crippen molar-refractivity contribution in [2.45, 2.75) is 38.0 Å². The van der Waals surface area contributed by atoms with E-state index in [9.17, 15) is 0 Å². The standard InChI is InChI=1S/C8H13BO2/c1-3-5-6-7(9)11-8(5,2)4-10-6/h5-7H,3-4H2,1-2H3/t5-,6?,7-,8+/m1/s1. The summed E-state index contributed by atoms with van der Waals surface area (Å²) in [5.41, 5.74) is -0.0984. The predicted molar refractivity (Wildman–Crippen MR) is 42.6 cm³/mol. The number of hydrogen-bond donors (Lipinski definition) is 0. The van der Waals surface area contributed by atoms with E-state index in [1.807, 2.05) is 0 Å². The summed E-state index contributed by atoms with van der Waals surface area (Å²) in [6.45, 7) is 4.96. The molecule has 1 unspecified atom stereocenters. The highest BCUT2D eigenvalue weighted by Crippen LogP contribution is 2.44. The third kappa shape index (κ3) is 0.874. The Morgan fingerprint density at radius 1 is 1.64 bits per heavy atom. The van der Waals surface area contributed by atoms with E-state index < -0.39 is 0 Å². The van der Waals surface area contributed by atoms with Crippen LogP contribution in [0.25, 0.3) is 0 Å². The summed E-state index contributed by atoms with van der Waals surface area (Å²) in [7, 11) is 5.72. The van der Waals surface area contributed by atoms with Gasteiger partial charge in [0.15, 0.2) is 0 Å². The summed E-state index contributed by atoms with van der Waals surface area (Å²) in [5, 5.41) is 0. The molecular formula is C8H13BO2. The van der Waals surface area contributed by atoms with Crippen LogP contribution in [0.5, 0.6) is 0 Å². The fourth-order valence-electron chi connectivity index (χ4n) is 2.32. The van der Waals surface area contributed by atoms with Crippen LogP contribution in [0.15, 0.2) is 0 Å². The van der Waals surface area contributed by atoms with Gasteiger partial charge >= 0.3 is 0 Å². The van der Waals surface area contributed by atoms with Crippen molar-refractivity contribution in [3.8, 4) is 0 Å². The molecule has 0 spiro atoms. The maximum Gasteiger partial charge on any atom is 0.112 e. The van der Waals surface area contributed by atoms with E-state index in [1.54, 1.807) is 0 Å². The Balaban J connectivity index is 2.22. The first kappa shape index (κ1) is 7.62. The lowest BCUT2D eigenvalue weighted by Gasteiger charge is -2.26. The SMILES string of the molecule is [B][C@@H]1O[C@@]2(C)COC1[C@H]2CC. The summed E-state index contributed by atoms with van der Waals surface area (Å²) in [4.78, 5) is 0. The molecule has 0 N–H and O–H groups in total. The Labute approximate surface area is 68.7 Å². The molecule has 0 aromatic carbocycles. The zero-order valence-electron chi connectivity index (χ0n) is 7.04. The molecule has 2 aliphatic rings. The van der Waals surface area contributed by atoms with Crippen molar-refractivity contribution >= 4 is 7.85 Å². The van der Waals surface area contributed by atoms with E-state index in [0.29, 0.717) is 12.5 Å². The zero-order chi connectivity index (χ0) is 8.06. The van der Waals surface area contributed by atoms with Gasteiger partial charge in [0.05, 0.1) is 18.3 Å². The molecule has 11 heavy (non-hydrogen) atoms. The van der Waals surface area contributed by atoms with Gasteiger partial charge in [-0.25, -0.2) is 0 Å². The van der Waals surface area contributed by atoms with Crippen molar-refractivity contribution in [3.63, 3.8) is 0 Å². The summed E-state index contributed by atoms with van der Waals surface area (Å²) < 4.78 is 11.1. The maximum absolute atomic E-state index is 5.72. The van der Waals surface area contributed by atoms with Crippen LogP contribution in [-0.4, -0.2) is 32.2 Å². The topological polar surface area (TPSA) is 18.5 Å². The van der Waals surface area contributed by atoms with Crippen LogP contribution in [-0.2, 0) is 9.47 Å². The number of rotatable bonds is 1. The van der Waals surface area contributed by atoms with E-state index in [2.05, 4.69) is 13.8 Å².